The first-order valence-electron chi connectivity index (χ1n) is 6.37. The van der Waals surface area contributed by atoms with Crippen LogP contribution in [0.4, 0.5) is 0 Å². The summed E-state index contributed by atoms with van der Waals surface area (Å²) >= 11 is 0. The highest BCUT2D eigenvalue weighted by molar-refractivity contribution is 5.81. The van der Waals surface area contributed by atoms with E-state index in [9.17, 15) is 0 Å². The summed E-state index contributed by atoms with van der Waals surface area (Å²) in [5.41, 5.74) is 0.788. The molecule has 0 bridgehead atoms. The maximum absolute atomic E-state index is 7.89. The molecular formula is C15H26N2. The van der Waals surface area contributed by atoms with Crippen molar-refractivity contribution in [3.63, 3.8) is 0 Å². The van der Waals surface area contributed by atoms with Crippen molar-refractivity contribution in [3.05, 3.63) is 37.1 Å². The molecule has 0 aliphatic rings. The van der Waals surface area contributed by atoms with E-state index in [4.69, 9.17) is 5.41 Å². The summed E-state index contributed by atoms with van der Waals surface area (Å²) in [6.45, 7) is 14.1. The predicted molar refractivity (Wildman–Crippen MR) is 77.2 cm³/mol. The number of amidine groups is 1. The van der Waals surface area contributed by atoms with Gasteiger partial charge in [0, 0.05) is 12.1 Å². The van der Waals surface area contributed by atoms with E-state index in [0.717, 1.165) is 25.0 Å². The van der Waals surface area contributed by atoms with Gasteiger partial charge in [-0.1, -0.05) is 39.5 Å². The summed E-state index contributed by atoms with van der Waals surface area (Å²) in [5.74, 6) is 1.46. The molecule has 0 spiro atoms. The molecule has 0 rings (SSSR count). The van der Waals surface area contributed by atoms with Crippen molar-refractivity contribution in [2.45, 2.75) is 40.0 Å². The summed E-state index contributed by atoms with van der Waals surface area (Å²) in [4.78, 5) is 0. The zero-order valence-corrected chi connectivity index (χ0v) is 11.4. The molecule has 0 aliphatic carbocycles. The zero-order valence-electron chi connectivity index (χ0n) is 11.4. The van der Waals surface area contributed by atoms with Crippen LogP contribution in [0.15, 0.2) is 37.1 Å². The minimum absolute atomic E-state index is 0.445. The lowest BCUT2D eigenvalue weighted by Crippen LogP contribution is -2.24. The Bertz CT molecular complexity index is 289. The number of nitrogens with one attached hydrogen (secondary N) is 2. The number of allylic oxidation sites excluding steroid dienone is 3. The second kappa shape index (κ2) is 8.80. The zero-order chi connectivity index (χ0) is 13.3. The van der Waals surface area contributed by atoms with E-state index in [1.165, 1.54) is 0 Å². The van der Waals surface area contributed by atoms with Crippen LogP contribution in [-0.2, 0) is 0 Å². The Kier molecular flexibility index (Phi) is 8.12. The first-order valence-corrected chi connectivity index (χ1v) is 6.37. The molecule has 2 unspecified atom stereocenters. The fourth-order valence-corrected chi connectivity index (χ4v) is 1.82. The predicted octanol–water partition coefficient (Wildman–Crippen LogP) is 4.27. The topological polar surface area (TPSA) is 35.9 Å². The molecule has 0 fully saturated rings. The first kappa shape index (κ1) is 15.7. The Morgan fingerprint density at radius 1 is 1.41 bits per heavy atom. The molecule has 0 aliphatic heterocycles. The van der Waals surface area contributed by atoms with E-state index in [0.29, 0.717) is 17.7 Å². The normalized spacial score (nSPS) is 14.3. The van der Waals surface area contributed by atoms with Gasteiger partial charge >= 0.3 is 0 Å². The Labute approximate surface area is 106 Å². The maximum atomic E-state index is 7.89. The summed E-state index contributed by atoms with van der Waals surface area (Å²) in [7, 11) is 0. The van der Waals surface area contributed by atoms with Crippen LogP contribution in [0.1, 0.15) is 40.0 Å². The average Bonchev–Trinajstić information content (AvgIpc) is 2.27. The molecule has 0 saturated carbocycles. The lowest BCUT2D eigenvalue weighted by Gasteiger charge is -2.20. The van der Waals surface area contributed by atoms with Gasteiger partial charge in [0.15, 0.2) is 0 Å². The van der Waals surface area contributed by atoms with Crippen molar-refractivity contribution >= 4 is 5.84 Å². The quantitative estimate of drug-likeness (QED) is 0.280. The highest BCUT2D eigenvalue weighted by Gasteiger charge is 2.13. The second-order valence-corrected chi connectivity index (χ2v) is 4.43. The Morgan fingerprint density at radius 2 is 2.06 bits per heavy atom. The van der Waals surface area contributed by atoms with Gasteiger partial charge in [-0.25, -0.2) is 0 Å². The molecule has 2 heteroatoms. The monoisotopic (exact) mass is 234 g/mol. The minimum Gasteiger partial charge on any atom is -0.345 e. The van der Waals surface area contributed by atoms with Gasteiger partial charge in [0.05, 0.1) is 5.84 Å². The smallest absolute Gasteiger partial charge is 0.0978 e. The lowest BCUT2D eigenvalue weighted by molar-refractivity contribution is 0.428. The van der Waals surface area contributed by atoms with Gasteiger partial charge in [-0.2, -0.15) is 0 Å². The molecule has 0 heterocycles. The van der Waals surface area contributed by atoms with Gasteiger partial charge in [-0.05, 0) is 30.8 Å². The Morgan fingerprint density at radius 3 is 2.53 bits per heavy atom. The molecule has 2 nitrogen and oxygen atoms in total. The van der Waals surface area contributed by atoms with Crippen molar-refractivity contribution < 1.29 is 0 Å². The van der Waals surface area contributed by atoms with E-state index in [1.807, 2.05) is 18.2 Å². The minimum atomic E-state index is 0.445. The Hall–Kier alpha value is -1.31. The number of hydrogen-bond acceptors (Lipinski definition) is 1. The van der Waals surface area contributed by atoms with Crippen molar-refractivity contribution in [1.82, 2.24) is 5.32 Å². The maximum Gasteiger partial charge on any atom is 0.0978 e. The highest BCUT2D eigenvalue weighted by Crippen LogP contribution is 2.19. The van der Waals surface area contributed by atoms with Gasteiger partial charge in [-0.15, -0.1) is 6.58 Å². The fourth-order valence-electron chi connectivity index (χ4n) is 1.82. The first-order chi connectivity index (χ1) is 8.04. The molecule has 96 valence electrons. The highest BCUT2D eigenvalue weighted by atomic mass is 14.9. The summed E-state index contributed by atoms with van der Waals surface area (Å²) in [6, 6.07) is 0. The summed E-state index contributed by atoms with van der Waals surface area (Å²) < 4.78 is 0. The summed E-state index contributed by atoms with van der Waals surface area (Å²) in [5, 5.41) is 10.9. The lowest BCUT2D eigenvalue weighted by atomic mass is 9.89. The van der Waals surface area contributed by atoms with Crippen LogP contribution in [0.5, 0.6) is 0 Å². The molecule has 0 radical (unpaired) electrons. The molecule has 17 heavy (non-hydrogen) atoms. The van der Waals surface area contributed by atoms with E-state index >= 15 is 0 Å². The van der Waals surface area contributed by atoms with Crippen LogP contribution in [0.25, 0.3) is 0 Å². The third kappa shape index (κ3) is 6.77. The molecule has 0 aromatic heterocycles. The van der Waals surface area contributed by atoms with Crippen LogP contribution in [0.2, 0.25) is 0 Å². The molecule has 0 aromatic rings. The average molecular weight is 234 g/mol. The molecule has 0 amide bonds. The molecule has 0 aromatic carbocycles. The molecular weight excluding hydrogens is 208 g/mol. The number of hydrogen-bond donors (Lipinski definition) is 2. The van der Waals surface area contributed by atoms with E-state index < -0.39 is 0 Å². The van der Waals surface area contributed by atoms with Crippen molar-refractivity contribution in [3.8, 4) is 0 Å². The van der Waals surface area contributed by atoms with E-state index in [2.05, 4.69) is 39.2 Å². The van der Waals surface area contributed by atoms with Crippen LogP contribution in [0.3, 0.4) is 0 Å². The largest absolute Gasteiger partial charge is 0.345 e. The Balaban J connectivity index is 4.13. The van der Waals surface area contributed by atoms with E-state index in [1.54, 1.807) is 0 Å². The van der Waals surface area contributed by atoms with Crippen molar-refractivity contribution in [2.24, 2.45) is 11.8 Å². The van der Waals surface area contributed by atoms with Gasteiger partial charge in [0.2, 0.25) is 0 Å². The van der Waals surface area contributed by atoms with Gasteiger partial charge < -0.3 is 5.32 Å². The van der Waals surface area contributed by atoms with Gasteiger partial charge in [0.1, 0.15) is 0 Å². The van der Waals surface area contributed by atoms with Gasteiger partial charge in [0.25, 0.3) is 0 Å². The molecule has 2 atom stereocenters. The number of rotatable bonds is 8. The summed E-state index contributed by atoms with van der Waals surface area (Å²) in [6.07, 6.45) is 8.75. The van der Waals surface area contributed by atoms with Crippen LogP contribution in [0, 0.1) is 17.2 Å². The van der Waals surface area contributed by atoms with E-state index in [-0.39, 0.29) is 0 Å². The van der Waals surface area contributed by atoms with Crippen molar-refractivity contribution in [2.75, 3.05) is 0 Å². The molecule has 0 saturated heterocycles. The SMILES string of the molecule is C=CC(CC)C(C)CC(=N)NC(=C)/C=C\CC. The van der Waals surface area contributed by atoms with Crippen LogP contribution < -0.4 is 5.32 Å². The standard InChI is InChI=1S/C15H26N2/c1-6-9-10-13(5)17-15(16)11-12(4)14(7-2)8-3/h7,9-10,12,14H,2,5-6,8,11H2,1,3-4H3,(H2,16,17)/b10-9-. The van der Waals surface area contributed by atoms with Gasteiger partial charge in [-0.3, -0.25) is 5.41 Å². The second-order valence-electron chi connectivity index (χ2n) is 4.43. The third-order valence-corrected chi connectivity index (χ3v) is 2.90. The van der Waals surface area contributed by atoms with Crippen molar-refractivity contribution in [1.29, 1.82) is 5.41 Å². The molecule has 2 N–H and O–H groups in total. The third-order valence-electron chi connectivity index (χ3n) is 2.90. The fraction of sp³-hybridized carbons (Fsp3) is 0.533. The van der Waals surface area contributed by atoms with Crippen LogP contribution >= 0.6 is 0 Å². The van der Waals surface area contributed by atoms with Crippen LogP contribution in [-0.4, -0.2) is 5.84 Å².